The number of likely N-dealkylation sites (tertiary alicyclic amines) is 1. The van der Waals surface area contributed by atoms with E-state index < -0.39 is 0 Å². The summed E-state index contributed by atoms with van der Waals surface area (Å²) in [6.07, 6.45) is 7.19. The van der Waals surface area contributed by atoms with Crippen molar-refractivity contribution in [2.45, 2.75) is 32.6 Å². The number of nitrogens with zero attached hydrogens (tertiary/aromatic N) is 5. The number of aromatic nitrogens is 3. The topological polar surface area (TPSA) is 80.6 Å². The van der Waals surface area contributed by atoms with Crippen molar-refractivity contribution in [3.05, 3.63) is 24.5 Å². The molecule has 2 fully saturated rings. The van der Waals surface area contributed by atoms with E-state index in [1.54, 1.807) is 11.3 Å². The first kappa shape index (κ1) is 19.9. The fourth-order valence-corrected chi connectivity index (χ4v) is 4.97. The number of carbonyl (C=O) groups is 2. The van der Waals surface area contributed by atoms with E-state index in [2.05, 4.69) is 15.1 Å². The molecule has 0 saturated carbocycles. The van der Waals surface area contributed by atoms with Gasteiger partial charge < -0.3 is 14.5 Å². The molecular formula is C20H27N5O3S. The second-order valence-corrected chi connectivity index (χ2v) is 8.53. The van der Waals surface area contributed by atoms with E-state index in [9.17, 15) is 9.59 Å². The van der Waals surface area contributed by atoms with Crippen LogP contribution in [0.2, 0.25) is 0 Å². The Morgan fingerprint density at radius 1 is 1.07 bits per heavy atom. The van der Waals surface area contributed by atoms with Crippen LogP contribution in [0.5, 0.6) is 0 Å². The molecule has 0 aliphatic carbocycles. The van der Waals surface area contributed by atoms with Crippen LogP contribution in [0.1, 0.15) is 32.6 Å². The van der Waals surface area contributed by atoms with E-state index >= 15 is 0 Å². The van der Waals surface area contributed by atoms with Crippen molar-refractivity contribution in [3.63, 3.8) is 0 Å². The van der Waals surface area contributed by atoms with Crippen LogP contribution in [0.4, 0.5) is 5.13 Å². The summed E-state index contributed by atoms with van der Waals surface area (Å²) in [5, 5.41) is 10.4. The van der Waals surface area contributed by atoms with Crippen molar-refractivity contribution in [1.82, 2.24) is 19.7 Å². The molecule has 8 nitrogen and oxygen atoms in total. The van der Waals surface area contributed by atoms with Gasteiger partial charge in [-0.15, -0.1) is 10.2 Å². The molecule has 0 unspecified atom stereocenters. The minimum Gasteiger partial charge on any atom is -0.466 e. The SMILES string of the molecule is CCOC(=O)[C@@H]1CCCN(C(=O)C2CCN(c3nnc(-n4cccc4)s3)CC2)C1. The maximum Gasteiger partial charge on any atom is 0.310 e. The Labute approximate surface area is 174 Å². The van der Waals surface area contributed by atoms with Gasteiger partial charge in [-0.1, -0.05) is 11.3 Å². The molecule has 156 valence electrons. The van der Waals surface area contributed by atoms with Crippen molar-refractivity contribution < 1.29 is 14.3 Å². The summed E-state index contributed by atoms with van der Waals surface area (Å²) >= 11 is 1.56. The van der Waals surface area contributed by atoms with Gasteiger partial charge in [-0.3, -0.25) is 14.2 Å². The average Bonchev–Trinajstić information content (AvgIpc) is 3.45. The standard InChI is InChI=1S/C20H27N5O3S/c1-2-28-18(27)16-6-5-11-25(14-16)17(26)15-7-12-24(13-8-15)20-22-21-19(29-20)23-9-3-4-10-23/h3-4,9-10,15-16H,2,5-8,11-14H2,1H3/t16-/m1/s1. The number of anilines is 1. The maximum absolute atomic E-state index is 13.0. The molecule has 2 aliphatic heterocycles. The molecule has 0 N–H and O–H groups in total. The van der Waals surface area contributed by atoms with Gasteiger partial charge in [-0.2, -0.15) is 0 Å². The Kier molecular flexibility index (Phi) is 6.13. The molecule has 9 heteroatoms. The lowest BCUT2D eigenvalue weighted by Gasteiger charge is -2.37. The van der Waals surface area contributed by atoms with E-state index in [0.717, 1.165) is 55.6 Å². The van der Waals surface area contributed by atoms with Gasteiger partial charge in [0.15, 0.2) is 0 Å². The van der Waals surface area contributed by atoms with E-state index in [1.165, 1.54) is 0 Å². The summed E-state index contributed by atoms with van der Waals surface area (Å²) in [7, 11) is 0. The molecule has 4 heterocycles. The highest BCUT2D eigenvalue weighted by atomic mass is 32.1. The third kappa shape index (κ3) is 4.44. The quantitative estimate of drug-likeness (QED) is 0.695. The zero-order chi connectivity index (χ0) is 20.2. The van der Waals surface area contributed by atoms with Gasteiger partial charge in [0.05, 0.1) is 12.5 Å². The number of amides is 1. The minimum atomic E-state index is -0.179. The molecule has 0 spiro atoms. The lowest BCUT2D eigenvalue weighted by atomic mass is 9.92. The summed E-state index contributed by atoms with van der Waals surface area (Å²) in [6.45, 7) is 5.04. The molecule has 29 heavy (non-hydrogen) atoms. The molecule has 2 aromatic heterocycles. The lowest BCUT2D eigenvalue weighted by Crippen LogP contribution is -2.47. The number of rotatable bonds is 5. The predicted octanol–water partition coefficient (Wildman–Crippen LogP) is 2.35. The first-order valence-corrected chi connectivity index (χ1v) is 11.1. The van der Waals surface area contributed by atoms with Gasteiger partial charge in [0.2, 0.25) is 16.2 Å². The molecule has 2 aromatic rings. The van der Waals surface area contributed by atoms with Crippen LogP contribution in [-0.2, 0) is 14.3 Å². The normalized spacial score (nSPS) is 20.7. The number of carbonyl (C=O) groups excluding carboxylic acids is 2. The zero-order valence-corrected chi connectivity index (χ0v) is 17.5. The third-order valence-corrected chi connectivity index (χ3v) is 6.69. The first-order chi connectivity index (χ1) is 14.2. The minimum absolute atomic E-state index is 0.0176. The van der Waals surface area contributed by atoms with Crippen LogP contribution in [0, 0.1) is 11.8 Å². The van der Waals surface area contributed by atoms with Crippen molar-refractivity contribution in [2.75, 3.05) is 37.7 Å². The van der Waals surface area contributed by atoms with Gasteiger partial charge in [0.1, 0.15) is 0 Å². The molecular weight excluding hydrogens is 390 g/mol. The average molecular weight is 418 g/mol. The molecule has 0 aromatic carbocycles. The highest BCUT2D eigenvalue weighted by Gasteiger charge is 2.34. The number of hydrogen-bond donors (Lipinski definition) is 0. The van der Waals surface area contributed by atoms with Crippen LogP contribution in [0.25, 0.3) is 5.13 Å². The predicted molar refractivity (Wildman–Crippen MR) is 110 cm³/mol. The Bertz CT molecular complexity index is 829. The number of esters is 1. The summed E-state index contributed by atoms with van der Waals surface area (Å²) < 4.78 is 7.10. The molecule has 0 radical (unpaired) electrons. The van der Waals surface area contributed by atoms with Crippen molar-refractivity contribution in [2.24, 2.45) is 11.8 Å². The van der Waals surface area contributed by atoms with Crippen LogP contribution >= 0.6 is 11.3 Å². The molecule has 1 amide bonds. The monoisotopic (exact) mass is 417 g/mol. The smallest absolute Gasteiger partial charge is 0.310 e. The fraction of sp³-hybridized carbons (Fsp3) is 0.600. The first-order valence-electron chi connectivity index (χ1n) is 10.3. The Hall–Kier alpha value is -2.42. The van der Waals surface area contributed by atoms with Gasteiger partial charge in [-0.05, 0) is 44.7 Å². The molecule has 2 saturated heterocycles. The van der Waals surface area contributed by atoms with Crippen LogP contribution in [-0.4, -0.2) is 64.3 Å². The fourth-order valence-electron chi connectivity index (χ4n) is 4.11. The Morgan fingerprint density at radius 3 is 2.52 bits per heavy atom. The third-order valence-electron chi connectivity index (χ3n) is 5.70. The maximum atomic E-state index is 13.0. The Morgan fingerprint density at radius 2 is 1.79 bits per heavy atom. The highest BCUT2D eigenvalue weighted by molar-refractivity contribution is 7.17. The summed E-state index contributed by atoms with van der Waals surface area (Å²) in [6, 6.07) is 3.93. The van der Waals surface area contributed by atoms with Crippen molar-refractivity contribution >= 4 is 28.3 Å². The van der Waals surface area contributed by atoms with E-state index in [0.29, 0.717) is 13.2 Å². The molecule has 1 atom stereocenters. The van der Waals surface area contributed by atoms with E-state index in [1.807, 2.05) is 40.9 Å². The van der Waals surface area contributed by atoms with Gasteiger partial charge in [-0.25, -0.2) is 0 Å². The molecule has 2 aliphatic rings. The molecule has 0 bridgehead atoms. The summed E-state index contributed by atoms with van der Waals surface area (Å²) in [5.41, 5.74) is 0. The van der Waals surface area contributed by atoms with Crippen LogP contribution < -0.4 is 4.90 Å². The summed E-state index contributed by atoms with van der Waals surface area (Å²) in [4.78, 5) is 29.1. The van der Waals surface area contributed by atoms with Crippen molar-refractivity contribution in [1.29, 1.82) is 0 Å². The number of piperidine rings is 2. The van der Waals surface area contributed by atoms with E-state index in [4.69, 9.17) is 4.74 Å². The highest BCUT2D eigenvalue weighted by Crippen LogP contribution is 2.29. The van der Waals surface area contributed by atoms with Gasteiger partial charge in [0.25, 0.3) is 0 Å². The summed E-state index contributed by atoms with van der Waals surface area (Å²) in [5.74, 6) is -0.149. The van der Waals surface area contributed by atoms with Crippen molar-refractivity contribution in [3.8, 4) is 5.13 Å². The zero-order valence-electron chi connectivity index (χ0n) is 16.7. The second-order valence-electron chi connectivity index (χ2n) is 7.59. The number of ether oxygens (including phenoxy) is 1. The largest absolute Gasteiger partial charge is 0.466 e. The van der Waals surface area contributed by atoms with Gasteiger partial charge in [0, 0.05) is 44.5 Å². The van der Waals surface area contributed by atoms with E-state index in [-0.39, 0.29) is 23.7 Å². The lowest BCUT2D eigenvalue weighted by molar-refractivity contribution is -0.152. The second kappa shape index (κ2) is 8.94. The van der Waals surface area contributed by atoms with Gasteiger partial charge >= 0.3 is 5.97 Å². The number of hydrogen-bond acceptors (Lipinski definition) is 7. The van der Waals surface area contributed by atoms with Crippen LogP contribution in [0.3, 0.4) is 0 Å². The molecule has 4 rings (SSSR count). The van der Waals surface area contributed by atoms with Crippen LogP contribution in [0.15, 0.2) is 24.5 Å². The Balaban J connectivity index is 1.31.